The maximum atomic E-state index is 11.2. The number of carbonyl (C=O) groups excluding carboxylic acids is 1. The van der Waals surface area contributed by atoms with Crippen LogP contribution in [0.15, 0.2) is 23.1 Å². The number of rotatable bonds is 3. The Hall–Kier alpha value is -0.710. The van der Waals surface area contributed by atoms with E-state index < -0.39 is 0 Å². The molecule has 1 aromatic carbocycles. The van der Waals surface area contributed by atoms with Gasteiger partial charge in [-0.15, -0.1) is 23.4 Å². The van der Waals surface area contributed by atoms with E-state index in [1.54, 1.807) is 11.8 Å². The first kappa shape index (κ1) is 10.8. The molecule has 80 valence electrons. The second kappa shape index (κ2) is 4.88. The van der Waals surface area contributed by atoms with Crippen molar-refractivity contribution in [2.45, 2.75) is 11.4 Å². The third-order valence-electron chi connectivity index (χ3n) is 2.10. The molecule has 0 saturated heterocycles. The van der Waals surface area contributed by atoms with Crippen LogP contribution in [-0.2, 0) is 11.3 Å². The Bertz CT molecular complexity index is 384. The molecule has 0 atom stereocenters. The number of alkyl halides is 1. The number of carbonyl (C=O) groups is 1. The van der Waals surface area contributed by atoms with Gasteiger partial charge in [0, 0.05) is 11.4 Å². The van der Waals surface area contributed by atoms with Crippen molar-refractivity contribution in [3.05, 3.63) is 23.8 Å². The molecule has 2 rings (SSSR count). The van der Waals surface area contributed by atoms with Crippen molar-refractivity contribution in [3.63, 3.8) is 0 Å². The Labute approximate surface area is 97.6 Å². The standard InChI is InChI=1S/C10H11ClN2OS/c11-6-12-4-7-1-2-9-8(3-7)13-10(14)5-15-9/h1-3,12H,4-6H2,(H,13,14). The molecule has 2 N–H and O–H groups in total. The number of fused-ring (bicyclic) bond motifs is 1. The molecule has 1 aromatic rings. The van der Waals surface area contributed by atoms with Crippen LogP contribution in [0.25, 0.3) is 0 Å². The lowest BCUT2D eigenvalue weighted by Crippen LogP contribution is -2.19. The van der Waals surface area contributed by atoms with E-state index in [0.29, 0.717) is 11.8 Å². The summed E-state index contributed by atoms with van der Waals surface area (Å²) in [6.07, 6.45) is 0. The highest BCUT2D eigenvalue weighted by atomic mass is 35.5. The van der Waals surface area contributed by atoms with Gasteiger partial charge in [0.15, 0.2) is 0 Å². The molecule has 15 heavy (non-hydrogen) atoms. The number of benzene rings is 1. The predicted octanol–water partition coefficient (Wildman–Crippen LogP) is 2.02. The van der Waals surface area contributed by atoms with Gasteiger partial charge >= 0.3 is 0 Å². The fourth-order valence-corrected chi connectivity index (χ4v) is 2.31. The molecule has 1 aliphatic rings. The van der Waals surface area contributed by atoms with E-state index in [1.807, 2.05) is 18.2 Å². The largest absolute Gasteiger partial charge is 0.324 e. The SMILES string of the molecule is O=C1CSc2ccc(CNCCl)cc2N1. The monoisotopic (exact) mass is 242 g/mol. The van der Waals surface area contributed by atoms with E-state index in [2.05, 4.69) is 10.6 Å². The number of thioether (sulfide) groups is 1. The van der Waals surface area contributed by atoms with Gasteiger partial charge in [0.05, 0.1) is 17.4 Å². The zero-order valence-electron chi connectivity index (χ0n) is 8.05. The van der Waals surface area contributed by atoms with Crippen LogP contribution in [-0.4, -0.2) is 17.7 Å². The van der Waals surface area contributed by atoms with Gasteiger partial charge in [0.2, 0.25) is 5.91 Å². The topological polar surface area (TPSA) is 41.1 Å². The molecule has 3 nitrogen and oxygen atoms in total. The zero-order chi connectivity index (χ0) is 10.7. The zero-order valence-corrected chi connectivity index (χ0v) is 9.62. The van der Waals surface area contributed by atoms with Crippen LogP contribution in [0.3, 0.4) is 0 Å². The van der Waals surface area contributed by atoms with Crippen molar-refractivity contribution in [2.75, 3.05) is 17.1 Å². The molecule has 1 aliphatic heterocycles. The Morgan fingerprint density at radius 2 is 2.40 bits per heavy atom. The summed E-state index contributed by atoms with van der Waals surface area (Å²) in [5.41, 5.74) is 2.03. The maximum absolute atomic E-state index is 11.2. The highest BCUT2D eigenvalue weighted by Crippen LogP contribution is 2.31. The van der Waals surface area contributed by atoms with Crippen LogP contribution in [0, 0.1) is 0 Å². The molecule has 0 unspecified atom stereocenters. The van der Waals surface area contributed by atoms with Crippen molar-refractivity contribution < 1.29 is 4.79 Å². The number of hydrogen-bond acceptors (Lipinski definition) is 3. The summed E-state index contributed by atoms with van der Waals surface area (Å²) in [6.45, 7) is 0.720. The highest BCUT2D eigenvalue weighted by Gasteiger charge is 2.14. The average molecular weight is 243 g/mol. The Balaban J connectivity index is 2.17. The minimum Gasteiger partial charge on any atom is -0.324 e. The van der Waals surface area contributed by atoms with Gasteiger partial charge in [0.1, 0.15) is 0 Å². The normalized spacial score (nSPS) is 14.6. The fourth-order valence-electron chi connectivity index (χ4n) is 1.43. The quantitative estimate of drug-likeness (QED) is 0.630. The number of hydrogen-bond donors (Lipinski definition) is 2. The van der Waals surface area contributed by atoms with Gasteiger partial charge in [-0.25, -0.2) is 0 Å². The molecule has 0 radical (unpaired) electrons. The van der Waals surface area contributed by atoms with Crippen LogP contribution in [0.2, 0.25) is 0 Å². The van der Waals surface area contributed by atoms with Crippen LogP contribution in [0.5, 0.6) is 0 Å². The fraction of sp³-hybridized carbons (Fsp3) is 0.300. The van der Waals surface area contributed by atoms with Gasteiger partial charge in [-0.3, -0.25) is 10.1 Å². The van der Waals surface area contributed by atoms with Gasteiger partial charge in [-0.2, -0.15) is 0 Å². The van der Waals surface area contributed by atoms with Gasteiger partial charge in [0.25, 0.3) is 0 Å². The lowest BCUT2D eigenvalue weighted by atomic mass is 10.2. The van der Waals surface area contributed by atoms with Gasteiger partial charge < -0.3 is 5.32 Å². The van der Waals surface area contributed by atoms with E-state index in [9.17, 15) is 4.79 Å². The second-order valence-corrected chi connectivity index (χ2v) is 4.51. The molecule has 0 aromatic heterocycles. The first-order chi connectivity index (χ1) is 7.29. The van der Waals surface area contributed by atoms with Crippen molar-refractivity contribution in [1.29, 1.82) is 0 Å². The van der Waals surface area contributed by atoms with E-state index in [4.69, 9.17) is 11.6 Å². The Kier molecular flexibility index (Phi) is 3.51. The first-order valence-electron chi connectivity index (χ1n) is 4.62. The van der Waals surface area contributed by atoms with Crippen molar-refractivity contribution in [3.8, 4) is 0 Å². The summed E-state index contributed by atoms with van der Waals surface area (Å²) in [5, 5.41) is 5.88. The summed E-state index contributed by atoms with van der Waals surface area (Å²) in [6, 6.07) is 6.49. The van der Waals surface area contributed by atoms with Crippen molar-refractivity contribution in [1.82, 2.24) is 5.32 Å². The molecular formula is C10H11ClN2OS. The first-order valence-corrected chi connectivity index (χ1v) is 6.14. The molecule has 0 bridgehead atoms. The summed E-state index contributed by atoms with van der Waals surface area (Å²) >= 11 is 7.10. The minimum absolute atomic E-state index is 0.0648. The summed E-state index contributed by atoms with van der Waals surface area (Å²) in [4.78, 5) is 12.3. The van der Waals surface area contributed by atoms with Crippen LogP contribution in [0.1, 0.15) is 5.56 Å². The van der Waals surface area contributed by atoms with E-state index in [0.717, 1.165) is 22.7 Å². The maximum Gasteiger partial charge on any atom is 0.234 e. The lowest BCUT2D eigenvalue weighted by molar-refractivity contribution is -0.113. The molecule has 5 heteroatoms. The average Bonchev–Trinajstić information content (AvgIpc) is 2.25. The predicted molar refractivity (Wildman–Crippen MR) is 63.4 cm³/mol. The summed E-state index contributed by atoms with van der Waals surface area (Å²) in [5.74, 6) is 0.571. The van der Waals surface area contributed by atoms with Crippen molar-refractivity contribution in [2.24, 2.45) is 0 Å². The van der Waals surface area contributed by atoms with Crippen LogP contribution in [0.4, 0.5) is 5.69 Å². The lowest BCUT2D eigenvalue weighted by Gasteiger charge is -2.17. The smallest absolute Gasteiger partial charge is 0.234 e. The Morgan fingerprint density at radius 1 is 1.53 bits per heavy atom. The summed E-state index contributed by atoms with van der Waals surface area (Å²) < 4.78 is 0. The number of anilines is 1. The number of halogens is 1. The van der Waals surface area contributed by atoms with Gasteiger partial charge in [-0.1, -0.05) is 6.07 Å². The molecule has 0 fully saturated rings. The molecule has 0 saturated carbocycles. The molecular weight excluding hydrogens is 232 g/mol. The molecule has 1 heterocycles. The molecule has 0 aliphatic carbocycles. The van der Waals surface area contributed by atoms with E-state index in [1.165, 1.54) is 0 Å². The molecule has 0 spiro atoms. The van der Waals surface area contributed by atoms with E-state index >= 15 is 0 Å². The second-order valence-electron chi connectivity index (χ2n) is 3.23. The van der Waals surface area contributed by atoms with E-state index in [-0.39, 0.29) is 5.91 Å². The van der Waals surface area contributed by atoms with Crippen LogP contribution < -0.4 is 10.6 Å². The third-order valence-corrected chi connectivity index (χ3v) is 3.36. The number of nitrogens with one attached hydrogen (secondary N) is 2. The van der Waals surface area contributed by atoms with Gasteiger partial charge in [-0.05, 0) is 17.7 Å². The molecule has 1 amide bonds. The third kappa shape index (κ3) is 2.65. The minimum atomic E-state index is 0.0648. The van der Waals surface area contributed by atoms with Crippen molar-refractivity contribution >= 4 is 35.0 Å². The number of amides is 1. The highest BCUT2D eigenvalue weighted by molar-refractivity contribution is 8.00. The Morgan fingerprint density at radius 3 is 3.20 bits per heavy atom. The summed E-state index contributed by atoms with van der Waals surface area (Å²) in [7, 11) is 0. The van der Waals surface area contributed by atoms with Crippen LogP contribution >= 0.6 is 23.4 Å².